The second-order valence-corrected chi connectivity index (χ2v) is 6.78. The Morgan fingerprint density at radius 3 is 2.58 bits per heavy atom. The van der Waals surface area contributed by atoms with Crippen molar-refractivity contribution in [1.29, 1.82) is 0 Å². The van der Waals surface area contributed by atoms with Gasteiger partial charge in [0.1, 0.15) is 12.1 Å². The molecule has 0 bridgehead atoms. The maximum Gasteiger partial charge on any atom is 0.195 e. The minimum absolute atomic E-state index is 0.112. The second-order valence-electron chi connectivity index (χ2n) is 5.92. The van der Waals surface area contributed by atoms with Crippen LogP contribution in [0.4, 0.5) is 0 Å². The molecule has 6 heteroatoms. The van der Waals surface area contributed by atoms with Crippen molar-refractivity contribution in [3.63, 3.8) is 0 Å². The van der Waals surface area contributed by atoms with E-state index in [-0.39, 0.29) is 11.5 Å². The number of carbonyl (C=O) groups is 2. The molecular weight excluding hydrogens is 396 g/mol. The van der Waals surface area contributed by atoms with Crippen LogP contribution >= 0.6 is 15.9 Å². The van der Waals surface area contributed by atoms with E-state index in [1.807, 2.05) is 18.2 Å². The summed E-state index contributed by atoms with van der Waals surface area (Å²) in [6.07, 6.45) is 2.13. The first kappa shape index (κ1) is 15.2. The number of nitrogens with zero attached hydrogens (tertiary/aromatic N) is 2. The Balaban J connectivity index is 1.96. The van der Waals surface area contributed by atoms with Gasteiger partial charge in [0, 0.05) is 32.1 Å². The molecule has 1 aliphatic rings. The highest BCUT2D eigenvalue weighted by molar-refractivity contribution is 9.10. The van der Waals surface area contributed by atoms with Gasteiger partial charge in [0.2, 0.25) is 0 Å². The third-order valence-electron chi connectivity index (χ3n) is 4.53. The van der Waals surface area contributed by atoms with Crippen molar-refractivity contribution in [2.75, 3.05) is 0 Å². The van der Waals surface area contributed by atoms with E-state index < -0.39 is 0 Å². The molecule has 2 aromatic carbocycles. The first-order valence-electron chi connectivity index (χ1n) is 7.85. The fourth-order valence-electron chi connectivity index (χ4n) is 3.42. The number of aromatic nitrogens is 2. The van der Waals surface area contributed by atoms with Crippen molar-refractivity contribution in [3.8, 4) is 22.6 Å². The maximum atomic E-state index is 13.3. The van der Waals surface area contributed by atoms with Crippen LogP contribution in [-0.2, 0) is 0 Å². The zero-order chi connectivity index (χ0) is 17.8. The number of carbonyl (C=O) groups excluding carboxylic acids is 2. The lowest BCUT2D eigenvalue weighted by atomic mass is 9.84. The summed E-state index contributed by atoms with van der Waals surface area (Å²) in [4.78, 5) is 33.1. The standard InChI is InChI=1S/C20H9BrN2O3/c21-14-7-13(15-6-5-10(8-24)26-15)16-17-18(22-9-23-19(14)17)11-3-1-2-4-12(11)20(16)25/h1-9H. The first-order valence-corrected chi connectivity index (χ1v) is 8.65. The molecule has 0 saturated heterocycles. The molecule has 4 aromatic rings. The normalized spacial score (nSPS) is 12.3. The summed E-state index contributed by atoms with van der Waals surface area (Å²) >= 11 is 3.54. The molecule has 2 heterocycles. The molecule has 0 atom stereocenters. The Labute approximate surface area is 155 Å². The third kappa shape index (κ3) is 1.96. The van der Waals surface area contributed by atoms with Gasteiger partial charge < -0.3 is 4.42 Å². The Bertz CT molecular complexity index is 1240. The average molecular weight is 405 g/mol. The first-order chi connectivity index (χ1) is 12.7. The lowest BCUT2D eigenvalue weighted by Crippen LogP contribution is -2.13. The van der Waals surface area contributed by atoms with Crippen LogP contribution < -0.4 is 0 Å². The zero-order valence-electron chi connectivity index (χ0n) is 13.2. The smallest absolute Gasteiger partial charge is 0.195 e. The van der Waals surface area contributed by atoms with Crippen LogP contribution in [0, 0.1) is 0 Å². The van der Waals surface area contributed by atoms with Crippen molar-refractivity contribution in [1.82, 2.24) is 9.97 Å². The van der Waals surface area contributed by atoms with Gasteiger partial charge in [0.05, 0.1) is 11.2 Å². The van der Waals surface area contributed by atoms with Gasteiger partial charge in [-0.2, -0.15) is 0 Å². The number of fused-ring (bicyclic) bond motifs is 2. The predicted molar refractivity (Wildman–Crippen MR) is 99.2 cm³/mol. The van der Waals surface area contributed by atoms with Crippen LogP contribution in [0.5, 0.6) is 0 Å². The summed E-state index contributed by atoms with van der Waals surface area (Å²) in [5.74, 6) is 0.545. The molecule has 0 spiro atoms. The molecule has 5 nitrogen and oxygen atoms in total. The van der Waals surface area contributed by atoms with Crippen LogP contribution in [0.1, 0.15) is 26.5 Å². The average Bonchev–Trinajstić information content (AvgIpc) is 3.16. The monoisotopic (exact) mass is 404 g/mol. The maximum absolute atomic E-state index is 13.3. The van der Waals surface area contributed by atoms with Gasteiger partial charge in [-0.05, 0) is 34.1 Å². The molecule has 2 aromatic heterocycles. The van der Waals surface area contributed by atoms with E-state index in [0.717, 1.165) is 10.0 Å². The van der Waals surface area contributed by atoms with E-state index in [1.165, 1.54) is 6.33 Å². The topological polar surface area (TPSA) is 73.1 Å². The van der Waals surface area contributed by atoms with Crippen molar-refractivity contribution < 1.29 is 14.0 Å². The summed E-state index contributed by atoms with van der Waals surface area (Å²) in [7, 11) is 0. The lowest BCUT2D eigenvalue weighted by Gasteiger charge is -2.21. The number of hydrogen-bond donors (Lipinski definition) is 0. The third-order valence-corrected chi connectivity index (χ3v) is 5.13. The molecule has 5 rings (SSSR count). The quantitative estimate of drug-likeness (QED) is 0.399. The fraction of sp³-hybridized carbons (Fsp3) is 0. The molecule has 26 heavy (non-hydrogen) atoms. The van der Waals surface area contributed by atoms with E-state index in [4.69, 9.17) is 4.42 Å². The van der Waals surface area contributed by atoms with Gasteiger partial charge in [-0.15, -0.1) is 0 Å². The molecule has 0 aliphatic heterocycles. The highest BCUT2D eigenvalue weighted by Gasteiger charge is 2.31. The van der Waals surface area contributed by atoms with Gasteiger partial charge in [-0.25, -0.2) is 9.97 Å². The number of benzene rings is 2. The number of halogens is 1. The Morgan fingerprint density at radius 2 is 1.81 bits per heavy atom. The minimum atomic E-state index is -0.112. The van der Waals surface area contributed by atoms with Crippen LogP contribution in [0.15, 0.2) is 57.7 Å². The van der Waals surface area contributed by atoms with E-state index >= 15 is 0 Å². The van der Waals surface area contributed by atoms with E-state index in [0.29, 0.717) is 45.3 Å². The van der Waals surface area contributed by atoms with Crippen LogP contribution in [-0.4, -0.2) is 22.0 Å². The minimum Gasteiger partial charge on any atom is -0.453 e. The van der Waals surface area contributed by atoms with Crippen molar-refractivity contribution >= 4 is 38.9 Å². The summed E-state index contributed by atoms with van der Waals surface area (Å²) in [6.45, 7) is 0. The molecule has 124 valence electrons. The molecule has 1 aliphatic carbocycles. The number of ketones is 1. The van der Waals surface area contributed by atoms with Gasteiger partial charge in [0.25, 0.3) is 0 Å². The zero-order valence-corrected chi connectivity index (χ0v) is 14.8. The van der Waals surface area contributed by atoms with Crippen molar-refractivity contribution in [2.45, 2.75) is 0 Å². The van der Waals surface area contributed by atoms with E-state index in [9.17, 15) is 9.59 Å². The van der Waals surface area contributed by atoms with Crippen LogP contribution in [0.3, 0.4) is 0 Å². The summed E-state index contributed by atoms with van der Waals surface area (Å²) in [6, 6.07) is 12.5. The number of rotatable bonds is 2. The molecule has 0 radical (unpaired) electrons. The van der Waals surface area contributed by atoms with Gasteiger partial charge in [-0.3, -0.25) is 9.59 Å². The Morgan fingerprint density at radius 1 is 1.00 bits per heavy atom. The molecule has 0 fully saturated rings. The molecule has 0 N–H and O–H groups in total. The SMILES string of the molecule is O=Cc1ccc(-c2cc(Br)c3ncnc4c3c2C(=O)c2ccccc2-4)o1. The Hall–Kier alpha value is -3.12. The van der Waals surface area contributed by atoms with Crippen molar-refractivity contribution in [3.05, 3.63) is 70.2 Å². The second kappa shape index (κ2) is 5.44. The fourth-order valence-corrected chi connectivity index (χ4v) is 3.95. The number of hydrogen-bond acceptors (Lipinski definition) is 5. The predicted octanol–water partition coefficient (Wildman–Crippen LogP) is 4.68. The highest BCUT2D eigenvalue weighted by Crippen LogP contribution is 2.44. The van der Waals surface area contributed by atoms with Gasteiger partial charge in [0.15, 0.2) is 17.8 Å². The van der Waals surface area contributed by atoms with E-state index in [1.54, 1.807) is 24.3 Å². The highest BCUT2D eigenvalue weighted by atomic mass is 79.9. The van der Waals surface area contributed by atoms with Crippen LogP contribution in [0.2, 0.25) is 0 Å². The largest absolute Gasteiger partial charge is 0.453 e. The molecule has 0 saturated carbocycles. The lowest BCUT2D eigenvalue weighted by molar-refractivity contribution is 0.104. The van der Waals surface area contributed by atoms with Gasteiger partial charge in [-0.1, -0.05) is 24.3 Å². The summed E-state index contributed by atoms with van der Waals surface area (Å²) in [5, 5.41) is 0.685. The van der Waals surface area contributed by atoms with E-state index in [2.05, 4.69) is 25.9 Å². The summed E-state index contributed by atoms with van der Waals surface area (Å²) in [5.41, 5.74) is 3.85. The summed E-state index contributed by atoms with van der Waals surface area (Å²) < 4.78 is 6.31. The molecule has 0 unspecified atom stereocenters. The Kier molecular flexibility index (Phi) is 3.17. The van der Waals surface area contributed by atoms with Crippen molar-refractivity contribution in [2.24, 2.45) is 0 Å². The van der Waals surface area contributed by atoms with Gasteiger partial charge >= 0.3 is 0 Å². The van der Waals surface area contributed by atoms with Crippen LogP contribution in [0.25, 0.3) is 33.5 Å². The number of furan rings is 1. The molecule has 0 amide bonds. The molecular formula is C20H9BrN2O3. The number of aldehydes is 1.